The molecule has 2 N–H and O–H groups in total. The fourth-order valence-electron chi connectivity index (χ4n) is 1.95. The Kier molecular flexibility index (Phi) is 4.63. The van der Waals surface area contributed by atoms with Crippen molar-refractivity contribution in [3.63, 3.8) is 0 Å². The van der Waals surface area contributed by atoms with Crippen LogP contribution in [0.2, 0.25) is 0 Å². The van der Waals surface area contributed by atoms with Crippen molar-refractivity contribution in [3.05, 3.63) is 42.0 Å². The second-order valence-electron chi connectivity index (χ2n) is 4.33. The van der Waals surface area contributed by atoms with Crippen LogP contribution in [0.25, 0.3) is 10.8 Å². The molecular weight excluding hydrogens is 262 g/mol. The van der Waals surface area contributed by atoms with E-state index in [1.807, 2.05) is 24.3 Å². The van der Waals surface area contributed by atoms with E-state index in [-0.39, 0.29) is 11.7 Å². The molecule has 0 aliphatic carbocycles. The number of fused-ring (bicyclic) bond motifs is 1. The summed E-state index contributed by atoms with van der Waals surface area (Å²) in [5.74, 6) is 0.377. The maximum absolute atomic E-state index is 12.0. The predicted molar refractivity (Wildman–Crippen MR) is 77.9 cm³/mol. The van der Waals surface area contributed by atoms with E-state index in [9.17, 15) is 9.90 Å². The molecule has 0 heterocycles. The van der Waals surface area contributed by atoms with E-state index in [0.717, 1.165) is 18.2 Å². The second-order valence-corrected chi connectivity index (χ2v) is 4.71. The van der Waals surface area contributed by atoms with E-state index < -0.39 is 0 Å². The molecule has 0 atom stereocenters. The van der Waals surface area contributed by atoms with Crippen LogP contribution in [0, 0.1) is 0 Å². The number of aromatic hydroxyl groups is 1. The van der Waals surface area contributed by atoms with Crippen LogP contribution in [0.3, 0.4) is 0 Å². The van der Waals surface area contributed by atoms with Crippen molar-refractivity contribution in [2.75, 3.05) is 12.4 Å². The number of nitrogens with one attached hydrogen (secondary N) is 1. The Labute approximate surface area is 117 Å². The SMILES string of the molecule is O=C(NCCCCCl)c1ccc2ccccc2c1O. The van der Waals surface area contributed by atoms with E-state index in [0.29, 0.717) is 23.4 Å². The van der Waals surface area contributed by atoms with E-state index >= 15 is 0 Å². The van der Waals surface area contributed by atoms with Crippen molar-refractivity contribution in [2.24, 2.45) is 0 Å². The van der Waals surface area contributed by atoms with Crippen LogP contribution < -0.4 is 5.32 Å². The average molecular weight is 278 g/mol. The van der Waals surface area contributed by atoms with Gasteiger partial charge in [-0.3, -0.25) is 4.79 Å². The maximum Gasteiger partial charge on any atom is 0.255 e. The summed E-state index contributed by atoms with van der Waals surface area (Å²) in [6.45, 7) is 0.567. The van der Waals surface area contributed by atoms with Gasteiger partial charge in [0.2, 0.25) is 0 Å². The molecule has 4 heteroatoms. The van der Waals surface area contributed by atoms with Crippen molar-refractivity contribution < 1.29 is 9.90 Å². The molecule has 0 aliphatic heterocycles. The highest BCUT2D eigenvalue weighted by Crippen LogP contribution is 2.28. The highest BCUT2D eigenvalue weighted by atomic mass is 35.5. The lowest BCUT2D eigenvalue weighted by molar-refractivity contribution is 0.0951. The summed E-state index contributed by atoms with van der Waals surface area (Å²) in [6.07, 6.45) is 1.70. The molecule has 0 radical (unpaired) electrons. The van der Waals surface area contributed by atoms with Gasteiger partial charge in [-0.2, -0.15) is 0 Å². The van der Waals surface area contributed by atoms with Gasteiger partial charge in [0.15, 0.2) is 0 Å². The monoisotopic (exact) mass is 277 g/mol. The first-order valence-electron chi connectivity index (χ1n) is 6.29. The summed E-state index contributed by atoms with van der Waals surface area (Å²) >= 11 is 5.57. The van der Waals surface area contributed by atoms with Crippen molar-refractivity contribution in [2.45, 2.75) is 12.8 Å². The number of phenols is 1. The highest BCUT2D eigenvalue weighted by Gasteiger charge is 2.12. The van der Waals surface area contributed by atoms with E-state index in [1.165, 1.54) is 0 Å². The Balaban J connectivity index is 2.16. The van der Waals surface area contributed by atoms with Gasteiger partial charge in [-0.15, -0.1) is 11.6 Å². The summed E-state index contributed by atoms with van der Waals surface area (Å²) in [6, 6.07) is 10.9. The van der Waals surface area contributed by atoms with Crippen molar-refractivity contribution in [1.29, 1.82) is 0 Å². The third-order valence-corrected chi connectivity index (χ3v) is 3.26. The van der Waals surface area contributed by atoms with Crippen LogP contribution in [0.5, 0.6) is 5.75 Å². The van der Waals surface area contributed by atoms with Gasteiger partial charge in [0.1, 0.15) is 5.75 Å². The first-order valence-corrected chi connectivity index (χ1v) is 6.82. The molecule has 0 spiro atoms. The first kappa shape index (κ1) is 13.7. The largest absolute Gasteiger partial charge is 0.506 e. The molecule has 0 unspecified atom stereocenters. The summed E-state index contributed by atoms with van der Waals surface area (Å²) in [7, 11) is 0. The van der Waals surface area contributed by atoms with Crippen molar-refractivity contribution in [1.82, 2.24) is 5.32 Å². The minimum Gasteiger partial charge on any atom is -0.506 e. The Bertz CT molecular complexity index is 583. The van der Waals surface area contributed by atoms with Crippen molar-refractivity contribution >= 4 is 28.3 Å². The van der Waals surface area contributed by atoms with Gasteiger partial charge >= 0.3 is 0 Å². The Morgan fingerprint density at radius 2 is 1.95 bits per heavy atom. The second kappa shape index (κ2) is 6.43. The summed E-state index contributed by atoms with van der Waals surface area (Å²) < 4.78 is 0. The number of hydrogen-bond donors (Lipinski definition) is 2. The van der Waals surface area contributed by atoms with E-state index in [4.69, 9.17) is 11.6 Å². The van der Waals surface area contributed by atoms with Crippen LogP contribution in [0.15, 0.2) is 36.4 Å². The lowest BCUT2D eigenvalue weighted by Crippen LogP contribution is -2.24. The molecule has 0 aliphatic rings. The number of carbonyl (C=O) groups is 1. The van der Waals surface area contributed by atoms with Gasteiger partial charge in [0, 0.05) is 17.8 Å². The quantitative estimate of drug-likeness (QED) is 0.651. The summed E-state index contributed by atoms with van der Waals surface area (Å²) in [5.41, 5.74) is 0.310. The zero-order chi connectivity index (χ0) is 13.7. The van der Waals surface area contributed by atoms with Crippen LogP contribution >= 0.6 is 11.6 Å². The molecule has 2 aromatic rings. The fraction of sp³-hybridized carbons (Fsp3) is 0.267. The number of phenolic OH excluding ortho intramolecular Hbond substituents is 1. The molecule has 0 saturated carbocycles. The molecule has 0 bridgehead atoms. The smallest absolute Gasteiger partial charge is 0.255 e. The number of halogens is 1. The normalized spacial score (nSPS) is 10.6. The Morgan fingerprint density at radius 3 is 2.74 bits per heavy atom. The zero-order valence-corrected chi connectivity index (χ0v) is 11.3. The molecule has 0 saturated heterocycles. The third kappa shape index (κ3) is 3.18. The molecular formula is C15H16ClNO2. The third-order valence-electron chi connectivity index (χ3n) is 2.99. The number of rotatable bonds is 5. The number of alkyl halides is 1. The zero-order valence-electron chi connectivity index (χ0n) is 10.5. The Morgan fingerprint density at radius 1 is 1.16 bits per heavy atom. The van der Waals surface area contributed by atoms with Crippen LogP contribution in [0.1, 0.15) is 23.2 Å². The van der Waals surface area contributed by atoms with Gasteiger partial charge in [0.25, 0.3) is 5.91 Å². The summed E-state index contributed by atoms with van der Waals surface area (Å²) in [4.78, 5) is 12.0. The number of carbonyl (C=O) groups excluding carboxylic acids is 1. The number of unbranched alkanes of at least 4 members (excludes halogenated alkanes) is 1. The van der Waals surface area contributed by atoms with Gasteiger partial charge in [0.05, 0.1) is 5.56 Å². The standard InChI is InChI=1S/C15H16ClNO2/c16-9-3-4-10-17-15(19)13-8-7-11-5-1-2-6-12(11)14(13)18/h1-2,5-8,18H,3-4,9-10H2,(H,17,19). The fourth-order valence-corrected chi connectivity index (χ4v) is 2.14. The first-order chi connectivity index (χ1) is 9.24. The molecule has 2 rings (SSSR count). The molecule has 1 amide bonds. The van der Waals surface area contributed by atoms with Crippen molar-refractivity contribution in [3.8, 4) is 5.75 Å². The molecule has 2 aromatic carbocycles. The summed E-state index contributed by atoms with van der Waals surface area (Å²) in [5, 5.41) is 14.5. The minimum atomic E-state index is -0.252. The molecule has 100 valence electrons. The number of amides is 1. The molecule has 3 nitrogen and oxygen atoms in total. The van der Waals surface area contributed by atoms with Crippen LogP contribution in [-0.4, -0.2) is 23.4 Å². The molecule has 0 aromatic heterocycles. The highest BCUT2D eigenvalue weighted by molar-refractivity contribution is 6.17. The van der Waals surface area contributed by atoms with Gasteiger partial charge in [-0.25, -0.2) is 0 Å². The van der Waals surface area contributed by atoms with Gasteiger partial charge in [-0.05, 0) is 24.3 Å². The lowest BCUT2D eigenvalue weighted by Gasteiger charge is -2.08. The maximum atomic E-state index is 12.0. The minimum absolute atomic E-state index is 0.0351. The van der Waals surface area contributed by atoms with E-state index in [1.54, 1.807) is 12.1 Å². The van der Waals surface area contributed by atoms with Gasteiger partial charge in [-0.1, -0.05) is 30.3 Å². The average Bonchev–Trinajstić information content (AvgIpc) is 2.44. The number of hydrogen-bond acceptors (Lipinski definition) is 2. The van der Waals surface area contributed by atoms with Crippen LogP contribution in [-0.2, 0) is 0 Å². The molecule has 19 heavy (non-hydrogen) atoms. The topological polar surface area (TPSA) is 49.3 Å². The lowest BCUT2D eigenvalue weighted by atomic mass is 10.0. The molecule has 0 fully saturated rings. The van der Waals surface area contributed by atoms with Crippen LogP contribution in [0.4, 0.5) is 0 Å². The number of benzene rings is 2. The predicted octanol–water partition coefficient (Wildman–Crippen LogP) is 3.29. The van der Waals surface area contributed by atoms with E-state index in [2.05, 4.69) is 5.32 Å². The van der Waals surface area contributed by atoms with Gasteiger partial charge < -0.3 is 10.4 Å². The Hall–Kier alpha value is -1.74.